The maximum atomic E-state index is 9.48. The molecule has 1 nitrogen and oxygen atoms in total. The number of rotatable bonds is 1. The maximum absolute atomic E-state index is 9.48. The van der Waals surface area contributed by atoms with Crippen molar-refractivity contribution in [2.75, 3.05) is 0 Å². The van der Waals surface area contributed by atoms with Crippen molar-refractivity contribution in [3.05, 3.63) is 48.5 Å². The molecule has 0 unspecified atom stereocenters. The van der Waals surface area contributed by atoms with E-state index in [4.69, 9.17) is 0 Å². The van der Waals surface area contributed by atoms with Gasteiger partial charge in [-0.3, -0.25) is 0 Å². The highest BCUT2D eigenvalue weighted by Gasteiger charge is 1.99. The molecule has 0 fully saturated rings. The summed E-state index contributed by atoms with van der Waals surface area (Å²) in [4.78, 5) is 0. The molecule has 0 aliphatic heterocycles. The molecule has 2 rings (SSSR count). The summed E-state index contributed by atoms with van der Waals surface area (Å²) >= 11 is 0. The van der Waals surface area contributed by atoms with Crippen molar-refractivity contribution in [1.29, 1.82) is 0 Å². The number of aromatic hydroxyl groups is 1. The molecule has 0 heterocycles. The minimum Gasteiger partial charge on any atom is -0.507 e. The van der Waals surface area contributed by atoms with Crippen LogP contribution in [-0.4, -0.2) is 5.11 Å². The Balaban J connectivity index is 2.81. The van der Waals surface area contributed by atoms with E-state index in [1.807, 2.05) is 30.3 Å². The molecule has 1 heteroatoms. The molecule has 13 heavy (non-hydrogen) atoms. The van der Waals surface area contributed by atoms with Gasteiger partial charge in [0.25, 0.3) is 0 Å². The molecule has 0 amide bonds. The lowest BCUT2D eigenvalue weighted by Gasteiger charge is -2.01. The third-order valence-electron chi connectivity index (χ3n) is 2.02. The zero-order valence-corrected chi connectivity index (χ0v) is 7.12. The van der Waals surface area contributed by atoms with Crippen LogP contribution in [-0.2, 0) is 0 Å². The molecule has 0 atom stereocenters. The number of benzene rings is 2. The number of phenols is 1. The Morgan fingerprint density at radius 1 is 1.31 bits per heavy atom. The van der Waals surface area contributed by atoms with Crippen LogP contribution < -0.4 is 0 Å². The Bertz CT molecular complexity index is 458. The summed E-state index contributed by atoms with van der Waals surface area (Å²) in [5, 5.41) is 11.5. The second-order valence-electron chi connectivity index (χ2n) is 2.86. The summed E-state index contributed by atoms with van der Waals surface area (Å²) in [6, 6.07) is 12.6. The highest BCUT2D eigenvalue weighted by Crippen LogP contribution is 2.24. The fourth-order valence-electron chi connectivity index (χ4n) is 1.33. The summed E-state index contributed by atoms with van der Waals surface area (Å²) in [7, 11) is 0. The SMILES string of the molecule is C=Cc1cc2ccccc2[c]c1O. The van der Waals surface area contributed by atoms with Crippen LogP contribution in [0.3, 0.4) is 0 Å². The summed E-state index contributed by atoms with van der Waals surface area (Å²) in [6.07, 6.45) is 1.62. The van der Waals surface area contributed by atoms with Gasteiger partial charge in [0.05, 0.1) is 0 Å². The van der Waals surface area contributed by atoms with Gasteiger partial charge >= 0.3 is 0 Å². The molecule has 0 saturated carbocycles. The molecule has 0 bridgehead atoms. The van der Waals surface area contributed by atoms with Crippen LogP contribution in [0.5, 0.6) is 5.75 Å². The molecule has 0 saturated heterocycles. The van der Waals surface area contributed by atoms with Crippen LogP contribution in [0.15, 0.2) is 36.9 Å². The van der Waals surface area contributed by atoms with Crippen molar-refractivity contribution >= 4 is 16.8 Å². The molecule has 0 aromatic heterocycles. The molecular formula is C12H9O. The van der Waals surface area contributed by atoms with Gasteiger partial charge in [-0.1, -0.05) is 36.9 Å². The molecule has 1 N–H and O–H groups in total. The standard InChI is InChI=1S/C12H9O/c1-2-9-7-10-5-3-4-6-11(10)8-12(9)13/h2-7,13H,1H2. The Hall–Kier alpha value is -1.76. The normalized spacial score (nSPS) is 10.2. The average Bonchev–Trinajstić information content (AvgIpc) is 2.17. The summed E-state index contributed by atoms with van der Waals surface area (Å²) in [5.41, 5.74) is 0.721. The minimum absolute atomic E-state index is 0.161. The van der Waals surface area contributed by atoms with Crippen LogP contribution in [0.25, 0.3) is 16.8 Å². The van der Waals surface area contributed by atoms with Crippen LogP contribution in [0, 0.1) is 6.07 Å². The van der Waals surface area contributed by atoms with Crippen molar-refractivity contribution in [3.63, 3.8) is 0 Å². The van der Waals surface area contributed by atoms with E-state index in [9.17, 15) is 5.11 Å². The van der Waals surface area contributed by atoms with Crippen molar-refractivity contribution in [1.82, 2.24) is 0 Å². The third kappa shape index (κ3) is 1.29. The van der Waals surface area contributed by atoms with Crippen LogP contribution in [0.4, 0.5) is 0 Å². The van der Waals surface area contributed by atoms with E-state index in [1.165, 1.54) is 0 Å². The first-order valence-electron chi connectivity index (χ1n) is 4.08. The lowest BCUT2D eigenvalue weighted by atomic mass is 10.1. The number of fused-ring (bicyclic) bond motifs is 1. The summed E-state index contributed by atoms with van der Waals surface area (Å²) < 4.78 is 0. The second kappa shape index (κ2) is 2.94. The van der Waals surface area contributed by atoms with Crippen LogP contribution >= 0.6 is 0 Å². The van der Waals surface area contributed by atoms with E-state index >= 15 is 0 Å². The first-order valence-corrected chi connectivity index (χ1v) is 4.08. The van der Waals surface area contributed by atoms with Crippen LogP contribution in [0.2, 0.25) is 0 Å². The fraction of sp³-hybridized carbons (Fsp3) is 0. The molecule has 2 aromatic carbocycles. The van der Waals surface area contributed by atoms with E-state index in [2.05, 4.69) is 12.6 Å². The third-order valence-corrected chi connectivity index (χ3v) is 2.02. The van der Waals surface area contributed by atoms with E-state index in [1.54, 1.807) is 6.08 Å². The Morgan fingerprint density at radius 3 is 2.85 bits per heavy atom. The molecule has 0 aliphatic rings. The van der Waals surface area contributed by atoms with Crippen LogP contribution in [0.1, 0.15) is 5.56 Å². The van der Waals surface area contributed by atoms with Gasteiger partial charge in [-0.05, 0) is 16.8 Å². The van der Waals surface area contributed by atoms with Gasteiger partial charge in [0.15, 0.2) is 0 Å². The molecule has 1 radical (unpaired) electrons. The van der Waals surface area contributed by atoms with Gasteiger partial charge in [-0.2, -0.15) is 0 Å². The molecule has 0 spiro atoms. The minimum atomic E-state index is 0.161. The largest absolute Gasteiger partial charge is 0.507 e. The van der Waals surface area contributed by atoms with E-state index < -0.39 is 0 Å². The van der Waals surface area contributed by atoms with Gasteiger partial charge in [0, 0.05) is 11.6 Å². The van der Waals surface area contributed by atoms with E-state index in [0.717, 1.165) is 16.3 Å². The van der Waals surface area contributed by atoms with Crippen molar-refractivity contribution in [3.8, 4) is 5.75 Å². The first-order chi connectivity index (χ1) is 6.31. The highest BCUT2D eigenvalue weighted by molar-refractivity contribution is 5.86. The lowest BCUT2D eigenvalue weighted by molar-refractivity contribution is 0.474. The number of phenolic OH excluding ortho intramolecular Hbond substituents is 1. The van der Waals surface area contributed by atoms with Gasteiger partial charge in [0.2, 0.25) is 0 Å². The van der Waals surface area contributed by atoms with Gasteiger partial charge in [-0.25, -0.2) is 0 Å². The Kier molecular flexibility index (Phi) is 1.78. The van der Waals surface area contributed by atoms with Gasteiger partial charge in [-0.15, -0.1) is 0 Å². The summed E-state index contributed by atoms with van der Waals surface area (Å²) in [6.45, 7) is 3.62. The lowest BCUT2D eigenvalue weighted by Crippen LogP contribution is -1.77. The predicted octanol–water partition coefficient (Wildman–Crippen LogP) is 2.99. The second-order valence-corrected chi connectivity index (χ2v) is 2.86. The highest BCUT2D eigenvalue weighted by atomic mass is 16.3. The van der Waals surface area contributed by atoms with Gasteiger partial charge < -0.3 is 5.11 Å². The Morgan fingerprint density at radius 2 is 2.08 bits per heavy atom. The zero-order chi connectivity index (χ0) is 9.26. The smallest absolute Gasteiger partial charge is 0.131 e. The fourth-order valence-corrected chi connectivity index (χ4v) is 1.33. The van der Waals surface area contributed by atoms with Gasteiger partial charge in [0.1, 0.15) is 5.75 Å². The molecular weight excluding hydrogens is 160 g/mol. The van der Waals surface area contributed by atoms with Crippen molar-refractivity contribution in [2.45, 2.75) is 0 Å². The monoisotopic (exact) mass is 169 g/mol. The molecule has 2 aromatic rings. The predicted molar refractivity (Wildman–Crippen MR) is 54.5 cm³/mol. The summed E-state index contributed by atoms with van der Waals surface area (Å²) in [5.74, 6) is 0.161. The zero-order valence-electron chi connectivity index (χ0n) is 7.12. The quantitative estimate of drug-likeness (QED) is 0.695. The Labute approximate surface area is 76.9 Å². The maximum Gasteiger partial charge on any atom is 0.131 e. The average molecular weight is 169 g/mol. The topological polar surface area (TPSA) is 20.2 Å². The van der Waals surface area contributed by atoms with Crippen molar-refractivity contribution < 1.29 is 5.11 Å². The first kappa shape index (κ1) is 7.87. The molecule has 63 valence electrons. The van der Waals surface area contributed by atoms with Crippen molar-refractivity contribution in [2.24, 2.45) is 0 Å². The molecule has 0 aliphatic carbocycles. The number of hydrogen-bond acceptors (Lipinski definition) is 1. The number of hydrogen-bond donors (Lipinski definition) is 1. The van der Waals surface area contributed by atoms with E-state index in [0.29, 0.717) is 0 Å². The van der Waals surface area contributed by atoms with E-state index in [-0.39, 0.29) is 5.75 Å².